The molecule has 142 valence electrons. The second-order valence-electron chi connectivity index (χ2n) is 6.20. The second kappa shape index (κ2) is 12.2. The van der Waals surface area contributed by atoms with Gasteiger partial charge in [-0.1, -0.05) is 32.0 Å². The van der Waals surface area contributed by atoms with E-state index >= 15 is 0 Å². The van der Waals surface area contributed by atoms with Crippen LogP contribution in [-0.2, 0) is 10.8 Å². The number of guanidine groups is 1. The van der Waals surface area contributed by atoms with E-state index in [9.17, 15) is 4.21 Å². The summed E-state index contributed by atoms with van der Waals surface area (Å²) in [4.78, 5) is 7.96. The zero-order valence-electron chi connectivity index (χ0n) is 15.3. The van der Waals surface area contributed by atoms with E-state index in [0.29, 0.717) is 23.5 Å². The average molecular weight is 495 g/mol. The number of hydrogen-bond acceptors (Lipinski definition) is 3. The molecule has 1 saturated heterocycles. The Morgan fingerprint density at radius 2 is 2.12 bits per heavy atom. The third-order valence-corrected chi connectivity index (χ3v) is 6.91. The molecule has 0 spiro atoms. The van der Waals surface area contributed by atoms with Crippen LogP contribution in [0, 0.1) is 5.92 Å². The second-order valence-corrected chi connectivity index (χ2v) is 9.12. The lowest BCUT2D eigenvalue weighted by atomic mass is 10.1. The molecule has 0 amide bonds. The SMILES string of the molecule is CCNC(=NCCS(=O)c1ccccc1)N1CCSC(C(C)C)C1.I. The first-order valence-corrected chi connectivity index (χ1v) is 11.1. The molecule has 2 unspecified atom stereocenters. The van der Waals surface area contributed by atoms with Gasteiger partial charge < -0.3 is 10.2 Å². The van der Waals surface area contributed by atoms with E-state index in [0.717, 1.165) is 36.2 Å². The summed E-state index contributed by atoms with van der Waals surface area (Å²) in [7, 11) is -0.981. The van der Waals surface area contributed by atoms with Gasteiger partial charge in [-0.2, -0.15) is 11.8 Å². The summed E-state index contributed by atoms with van der Waals surface area (Å²) in [5, 5.41) is 4.05. The minimum atomic E-state index is -0.981. The highest BCUT2D eigenvalue weighted by atomic mass is 127. The molecule has 0 saturated carbocycles. The Hall–Kier alpha value is -0.280. The van der Waals surface area contributed by atoms with E-state index in [4.69, 9.17) is 4.99 Å². The summed E-state index contributed by atoms with van der Waals surface area (Å²) >= 11 is 2.06. The average Bonchev–Trinajstić information content (AvgIpc) is 2.61. The first-order chi connectivity index (χ1) is 11.6. The molecule has 1 heterocycles. The van der Waals surface area contributed by atoms with Crippen molar-refractivity contribution in [3.05, 3.63) is 30.3 Å². The van der Waals surface area contributed by atoms with Gasteiger partial charge in [-0.3, -0.25) is 9.20 Å². The van der Waals surface area contributed by atoms with Gasteiger partial charge in [-0.15, -0.1) is 24.0 Å². The van der Waals surface area contributed by atoms with Gasteiger partial charge >= 0.3 is 0 Å². The van der Waals surface area contributed by atoms with Crippen LogP contribution in [0.1, 0.15) is 20.8 Å². The Labute approximate surface area is 176 Å². The van der Waals surface area contributed by atoms with E-state index < -0.39 is 10.8 Å². The summed E-state index contributed by atoms with van der Waals surface area (Å²) in [6.07, 6.45) is 0. The van der Waals surface area contributed by atoms with Gasteiger partial charge in [0.25, 0.3) is 0 Å². The van der Waals surface area contributed by atoms with Crippen molar-refractivity contribution in [3.63, 3.8) is 0 Å². The van der Waals surface area contributed by atoms with Crippen LogP contribution in [-0.4, -0.2) is 58.0 Å². The first-order valence-electron chi connectivity index (χ1n) is 8.70. The fourth-order valence-corrected chi connectivity index (χ4v) is 4.87. The molecule has 2 rings (SSSR count). The third-order valence-electron chi connectivity index (χ3n) is 4.02. The minimum Gasteiger partial charge on any atom is -0.357 e. The van der Waals surface area contributed by atoms with Crippen molar-refractivity contribution in [2.24, 2.45) is 10.9 Å². The lowest BCUT2D eigenvalue weighted by Crippen LogP contribution is -2.49. The number of nitrogens with one attached hydrogen (secondary N) is 1. The number of rotatable bonds is 6. The Bertz CT molecular complexity index is 555. The zero-order chi connectivity index (χ0) is 17.4. The van der Waals surface area contributed by atoms with E-state index in [2.05, 4.69) is 42.7 Å². The Kier molecular flexibility index (Phi) is 11.1. The van der Waals surface area contributed by atoms with Gasteiger partial charge in [-0.05, 0) is 25.0 Å². The molecular formula is C18H30IN3OS2. The largest absolute Gasteiger partial charge is 0.357 e. The van der Waals surface area contributed by atoms with Crippen molar-refractivity contribution in [1.29, 1.82) is 0 Å². The van der Waals surface area contributed by atoms with Crippen molar-refractivity contribution >= 4 is 52.5 Å². The van der Waals surface area contributed by atoms with Crippen molar-refractivity contribution in [2.75, 3.05) is 37.7 Å². The van der Waals surface area contributed by atoms with Crippen molar-refractivity contribution < 1.29 is 4.21 Å². The molecule has 0 aliphatic carbocycles. The van der Waals surface area contributed by atoms with E-state index in [1.807, 2.05) is 30.3 Å². The highest BCUT2D eigenvalue weighted by Crippen LogP contribution is 2.24. The summed E-state index contributed by atoms with van der Waals surface area (Å²) in [5.41, 5.74) is 0. The van der Waals surface area contributed by atoms with Gasteiger partial charge in [0.1, 0.15) is 0 Å². The Balaban J connectivity index is 0.00000312. The van der Waals surface area contributed by atoms with Gasteiger partial charge in [0.2, 0.25) is 0 Å². The maximum atomic E-state index is 12.3. The summed E-state index contributed by atoms with van der Waals surface area (Å²) < 4.78 is 12.3. The molecule has 0 radical (unpaired) electrons. The number of aliphatic imine (C=N–C) groups is 1. The molecule has 2 atom stereocenters. The smallest absolute Gasteiger partial charge is 0.194 e. The third kappa shape index (κ3) is 7.46. The quantitative estimate of drug-likeness (QED) is 0.373. The van der Waals surface area contributed by atoms with Crippen molar-refractivity contribution in [3.8, 4) is 0 Å². The maximum Gasteiger partial charge on any atom is 0.194 e. The van der Waals surface area contributed by atoms with Gasteiger partial charge in [0.05, 0.1) is 17.3 Å². The molecule has 1 aliphatic rings. The van der Waals surface area contributed by atoms with E-state index in [1.165, 1.54) is 0 Å². The summed E-state index contributed by atoms with van der Waals surface area (Å²) in [5.74, 6) is 3.35. The van der Waals surface area contributed by atoms with Crippen LogP contribution in [0.3, 0.4) is 0 Å². The normalized spacial score (nSPS) is 19.4. The highest BCUT2D eigenvalue weighted by Gasteiger charge is 2.24. The van der Waals surface area contributed by atoms with Crippen LogP contribution in [0.25, 0.3) is 0 Å². The van der Waals surface area contributed by atoms with Crippen LogP contribution in [0.15, 0.2) is 40.2 Å². The lowest BCUT2D eigenvalue weighted by molar-refractivity contribution is 0.381. The molecule has 1 aliphatic heterocycles. The van der Waals surface area contributed by atoms with Gasteiger partial charge in [-0.25, -0.2) is 0 Å². The molecule has 7 heteroatoms. The van der Waals surface area contributed by atoms with Crippen LogP contribution in [0.4, 0.5) is 0 Å². The monoisotopic (exact) mass is 495 g/mol. The number of thioether (sulfide) groups is 1. The minimum absolute atomic E-state index is 0. The van der Waals surface area contributed by atoms with Crippen LogP contribution in [0.2, 0.25) is 0 Å². The van der Waals surface area contributed by atoms with Crippen molar-refractivity contribution in [2.45, 2.75) is 30.9 Å². The standard InChI is InChI=1S/C18H29N3OS2.HI/c1-4-19-18(21-11-12-23-17(14-21)15(2)3)20-10-13-24(22)16-8-6-5-7-9-16;/h5-9,15,17H,4,10-14H2,1-3H3,(H,19,20);1H. The zero-order valence-corrected chi connectivity index (χ0v) is 19.3. The molecule has 1 fully saturated rings. The molecule has 0 aromatic heterocycles. The number of benzene rings is 1. The van der Waals surface area contributed by atoms with Crippen LogP contribution < -0.4 is 5.32 Å². The summed E-state index contributed by atoms with van der Waals surface area (Å²) in [6.45, 7) is 10.2. The molecule has 25 heavy (non-hydrogen) atoms. The molecular weight excluding hydrogens is 465 g/mol. The Morgan fingerprint density at radius 3 is 2.76 bits per heavy atom. The van der Waals surface area contributed by atoms with E-state index in [-0.39, 0.29) is 24.0 Å². The summed E-state index contributed by atoms with van der Waals surface area (Å²) in [6, 6.07) is 9.64. The predicted molar refractivity (Wildman–Crippen MR) is 122 cm³/mol. The predicted octanol–water partition coefficient (Wildman–Crippen LogP) is 3.45. The Morgan fingerprint density at radius 1 is 1.40 bits per heavy atom. The number of hydrogen-bond donors (Lipinski definition) is 1. The molecule has 0 bridgehead atoms. The van der Waals surface area contributed by atoms with Crippen LogP contribution in [0.5, 0.6) is 0 Å². The molecule has 1 aromatic carbocycles. The fraction of sp³-hybridized carbons (Fsp3) is 0.611. The fourth-order valence-electron chi connectivity index (χ4n) is 2.62. The van der Waals surface area contributed by atoms with Crippen LogP contribution >= 0.6 is 35.7 Å². The van der Waals surface area contributed by atoms with Crippen molar-refractivity contribution in [1.82, 2.24) is 10.2 Å². The maximum absolute atomic E-state index is 12.3. The first kappa shape index (κ1) is 22.8. The number of halogens is 1. The van der Waals surface area contributed by atoms with E-state index in [1.54, 1.807) is 0 Å². The molecule has 1 N–H and O–H groups in total. The molecule has 4 nitrogen and oxygen atoms in total. The topological polar surface area (TPSA) is 44.7 Å². The molecule has 1 aromatic rings. The van der Waals surface area contributed by atoms with Gasteiger partial charge in [0.15, 0.2) is 5.96 Å². The lowest BCUT2D eigenvalue weighted by Gasteiger charge is -2.36. The van der Waals surface area contributed by atoms with Gasteiger partial charge in [0, 0.05) is 41.3 Å². The number of nitrogens with zero attached hydrogens (tertiary/aromatic N) is 2. The highest BCUT2D eigenvalue weighted by molar-refractivity contribution is 14.0.